The normalized spacial score (nSPS) is 21.8. The van der Waals surface area contributed by atoms with Crippen LogP contribution in [0.1, 0.15) is 36.8 Å². The van der Waals surface area contributed by atoms with E-state index in [9.17, 15) is 0 Å². The summed E-state index contributed by atoms with van der Waals surface area (Å²) in [6.07, 6.45) is 5.49. The summed E-state index contributed by atoms with van der Waals surface area (Å²) < 4.78 is 5.90. The number of ether oxygens (including phenoxy) is 1. The summed E-state index contributed by atoms with van der Waals surface area (Å²) in [5.41, 5.74) is 2.59. The first kappa shape index (κ1) is 17.6. The smallest absolute Gasteiger partial charge is 0.119 e. The van der Waals surface area contributed by atoms with Gasteiger partial charge in [-0.3, -0.25) is 9.80 Å². The van der Waals surface area contributed by atoms with Gasteiger partial charge in [0.25, 0.3) is 0 Å². The molecular formula is C23H30N2O. The lowest BCUT2D eigenvalue weighted by Gasteiger charge is -2.37. The van der Waals surface area contributed by atoms with Crippen molar-refractivity contribution < 1.29 is 4.74 Å². The summed E-state index contributed by atoms with van der Waals surface area (Å²) in [6, 6.07) is 19.8. The van der Waals surface area contributed by atoms with Crippen molar-refractivity contribution in [3.05, 3.63) is 65.7 Å². The predicted molar refractivity (Wildman–Crippen MR) is 106 cm³/mol. The van der Waals surface area contributed by atoms with Crippen molar-refractivity contribution in [3.8, 4) is 5.75 Å². The topological polar surface area (TPSA) is 15.7 Å². The Morgan fingerprint density at radius 3 is 2.35 bits per heavy atom. The zero-order valence-corrected chi connectivity index (χ0v) is 15.6. The highest BCUT2D eigenvalue weighted by atomic mass is 16.5. The molecule has 2 fully saturated rings. The van der Waals surface area contributed by atoms with E-state index in [0.29, 0.717) is 6.61 Å². The van der Waals surface area contributed by atoms with Crippen LogP contribution >= 0.6 is 0 Å². The van der Waals surface area contributed by atoms with Crippen LogP contribution in [0.5, 0.6) is 5.75 Å². The number of nitrogens with zero attached hydrogens (tertiary/aromatic N) is 2. The Bertz CT molecular complexity index is 664. The molecule has 0 N–H and O–H groups in total. The maximum Gasteiger partial charge on any atom is 0.119 e. The highest BCUT2D eigenvalue weighted by molar-refractivity contribution is 5.28. The van der Waals surface area contributed by atoms with E-state index in [2.05, 4.69) is 58.3 Å². The molecule has 0 unspecified atom stereocenters. The van der Waals surface area contributed by atoms with Gasteiger partial charge in [-0.2, -0.15) is 0 Å². The highest BCUT2D eigenvalue weighted by Crippen LogP contribution is 2.22. The first-order valence-corrected chi connectivity index (χ1v) is 10.1. The Morgan fingerprint density at radius 1 is 0.808 bits per heavy atom. The van der Waals surface area contributed by atoms with Gasteiger partial charge in [0.1, 0.15) is 12.4 Å². The average molecular weight is 351 g/mol. The van der Waals surface area contributed by atoms with Gasteiger partial charge in [0.05, 0.1) is 0 Å². The molecule has 2 saturated heterocycles. The van der Waals surface area contributed by atoms with Crippen LogP contribution in [0.15, 0.2) is 54.6 Å². The second-order valence-electron chi connectivity index (χ2n) is 7.69. The minimum Gasteiger partial charge on any atom is -0.489 e. The molecule has 3 heteroatoms. The van der Waals surface area contributed by atoms with Crippen LogP contribution in [0, 0.1) is 0 Å². The van der Waals surface area contributed by atoms with E-state index in [4.69, 9.17) is 4.74 Å². The number of hydrogen-bond acceptors (Lipinski definition) is 3. The third kappa shape index (κ3) is 4.66. The quantitative estimate of drug-likeness (QED) is 0.771. The molecule has 0 spiro atoms. The van der Waals surface area contributed by atoms with Crippen molar-refractivity contribution in [1.82, 2.24) is 9.80 Å². The molecule has 0 radical (unpaired) electrons. The summed E-state index contributed by atoms with van der Waals surface area (Å²) in [5, 5.41) is 0. The van der Waals surface area contributed by atoms with Crippen molar-refractivity contribution >= 4 is 0 Å². The van der Waals surface area contributed by atoms with E-state index < -0.39 is 0 Å². The van der Waals surface area contributed by atoms with Crippen LogP contribution in [0.25, 0.3) is 0 Å². The number of hydrogen-bond donors (Lipinski definition) is 0. The predicted octanol–water partition coefficient (Wildman–Crippen LogP) is 4.33. The Labute approximate surface area is 157 Å². The van der Waals surface area contributed by atoms with Gasteiger partial charge in [0, 0.05) is 19.1 Å². The van der Waals surface area contributed by atoms with Crippen LogP contribution < -0.4 is 4.74 Å². The maximum atomic E-state index is 5.90. The first-order valence-electron chi connectivity index (χ1n) is 10.1. The highest BCUT2D eigenvalue weighted by Gasteiger charge is 2.26. The van der Waals surface area contributed by atoms with Gasteiger partial charge in [-0.15, -0.1) is 0 Å². The van der Waals surface area contributed by atoms with E-state index >= 15 is 0 Å². The lowest BCUT2D eigenvalue weighted by Crippen LogP contribution is -2.46. The summed E-state index contributed by atoms with van der Waals surface area (Å²) in [5.74, 6) is 0.950. The monoisotopic (exact) mass is 350 g/mol. The molecule has 0 aromatic heterocycles. The molecule has 1 atom stereocenters. The van der Waals surface area contributed by atoms with Gasteiger partial charge in [-0.05, 0) is 68.6 Å². The Morgan fingerprint density at radius 2 is 1.58 bits per heavy atom. The Hall–Kier alpha value is -1.84. The molecule has 2 aromatic carbocycles. The maximum absolute atomic E-state index is 5.90. The van der Waals surface area contributed by atoms with Crippen molar-refractivity contribution in [3.63, 3.8) is 0 Å². The second-order valence-corrected chi connectivity index (χ2v) is 7.69. The molecule has 4 rings (SSSR count). The molecule has 2 aliphatic heterocycles. The second kappa shape index (κ2) is 8.70. The van der Waals surface area contributed by atoms with Gasteiger partial charge in [-0.25, -0.2) is 0 Å². The minimum atomic E-state index is 0.629. The minimum absolute atomic E-state index is 0.629. The van der Waals surface area contributed by atoms with E-state index in [0.717, 1.165) is 18.3 Å². The van der Waals surface area contributed by atoms with E-state index in [1.807, 2.05) is 6.07 Å². The van der Waals surface area contributed by atoms with Gasteiger partial charge in [0.15, 0.2) is 0 Å². The third-order valence-corrected chi connectivity index (χ3v) is 5.72. The van der Waals surface area contributed by atoms with Crippen molar-refractivity contribution in [2.24, 2.45) is 0 Å². The number of likely N-dealkylation sites (tertiary alicyclic amines) is 2. The number of rotatable bonds is 6. The average Bonchev–Trinajstić information content (AvgIpc) is 3.23. The molecule has 0 bridgehead atoms. The van der Waals surface area contributed by atoms with Crippen molar-refractivity contribution in [2.75, 3.05) is 26.2 Å². The lowest BCUT2D eigenvalue weighted by molar-refractivity contribution is 0.110. The van der Waals surface area contributed by atoms with Gasteiger partial charge in [-0.1, -0.05) is 42.5 Å². The molecule has 26 heavy (non-hydrogen) atoms. The number of piperidine rings is 1. The molecule has 0 saturated carbocycles. The summed E-state index contributed by atoms with van der Waals surface area (Å²) >= 11 is 0. The van der Waals surface area contributed by atoms with Crippen molar-refractivity contribution in [2.45, 2.75) is 44.9 Å². The molecule has 2 aromatic rings. The SMILES string of the molecule is c1ccc(COc2ccc(CN3CCC[C@@H](N4CCCC4)C3)cc2)cc1. The van der Waals surface area contributed by atoms with Gasteiger partial charge < -0.3 is 4.74 Å². The van der Waals surface area contributed by atoms with Crippen LogP contribution in [0.3, 0.4) is 0 Å². The van der Waals surface area contributed by atoms with E-state index in [-0.39, 0.29) is 0 Å². The van der Waals surface area contributed by atoms with Crippen LogP contribution in [-0.2, 0) is 13.2 Å². The Balaban J connectivity index is 1.28. The molecule has 2 aliphatic rings. The fourth-order valence-electron chi connectivity index (χ4n) is 4.27. The zero-order chi connectivity index (χ0) is 17.6. The molecular weight excluding hydrogens is 320 g/mol. The number of benzene rings is 2. The zero-order valence-electron chi connectivity index (χ0n) is 15.6. The van der Waals surface area contributed by atoms with Crippen LogP contribution in [0.2, 0.25) is 0 Å². The molecule has 3 nitrogen and oxygen atoms in total. The van der Waals surface area contributed by atoms with E-state index in [1.54, 1.807) is 0 Å². The van der Waals surface area contributed by atoms with Crippen LogP contribution in [0.4, 0.5) is 0 Å². The molecule has 138 valence electrons. The van der Waals surface area contributed by atoms with E-state index in [1.165, 1.54) is 63.0 Å². The van der Waals surface area contributed by atoms with Crippen molar-refractivity contribution in [1.29, 1.82) is 0 Å². The van der Waals surface area contributed by atoms with Gasteiger partial charge in [0.2, 0.25) is 0 Å². The third-order valence-electron chi connectivity index (χ3n) is 5.72. The molecule has 2 heterocycles. The largest absolute Gasteiger partial charge is 0.489 e. The standard InChI is InChI=1S/C23H30N2O/c1-2-7-21(8-3-1)19-26-23-12-10-20(11-13-23)17-24-14-6-9-22(18-24)25-15-4-5-16-25/h1-3,7-8,10-13,22H,4-6,9,14-19H2/t22-/m1/s1. The summed E-state index contributed by atoms with van der Waals surface area (Å²) in [7, 11) is 0. The lowest BCUT2D eigenvalue weighted by atomic mass is 10.0. The summed E-state index contributed by atoms with van der Waals surface area (Å²) in [4.78, 5) is 5.35. The molecule has 0 aliphatic carbocycles. The van der Waals surface area contributed by atoms with Crippen LogP contribution in [-0.4, -0.2) is 42.0 Å². The Kier molecular flexibility index (Phi) is 5.88. The van der Waals surface area contributed by atoms with Gasteiger partial charge >= 0.3 is 0 Å². The summed E-state index contributed by atoms with van der Waals surface area (Å²) in [6.45, 7) is 6.77. The molecule has 0 amide bonds. The first-order chi connectivity index (χ1) is 12.9. The fraction of sp³-hybridized carbons (Fsp3) is 0.478. The fourth-order valence-corrected chi connectivity index (χ4v) is 4.27.